The van der Waals surface area contributed by atoms with Gasteiger partial charge < -0.3 is 15.5 Å². The van der Waals surface area contributed by atoms with Crippen LogP contribution in [0.25, 0.3) is 0 Å². The predicted molar refractivity (Wildman–Crippen MR) is 50.8 cm³/mol. The summed E-state index contributed by atoms with van der Waals surface area (Å²) in [5.41, 5.74) is 7.98. The Hall–Kier alpha value is 0.0500. The van der Waals surface area contributed by atoms with Gasteiger partial charge >= 0.3 is 0 Å². The molecule has 1 saturated carbocycles. The van der Waals surface area contributed by atoms with Crippen LogP contribution < -0.4 is 21.4 Å². The van der Waals surface area contributed by atoms with Crippen molar-refractivity contribution >= 4 is 11.6 Å². The van der Waals surface area contributed by atoms with Crippen LogP contribution in [0.3, 0.4) is 0 Å². The van der Waals surface area contributed by atoms with Gasteiger partial charge in [-0.1, -0.05) is 5.43 Å². The fourth-order valence-electron chi connectivity index (χ4n) is 2.31. The second-order valence-corrected chi connectivity index (χ2v) is 4.63. The minimum absolute atomic E-state index is 0.0177. The maximum Gasteiger partial charge on any atom is 0.238 e. The molecule has 0 spiro atoms. The van der Waals surface area contributed by atoms with E-state index < -0.39 is 6.29 Å². The molecule has 0 aromatic rings. The third-order valence-corrected chi connectivity index (χ3v) is 3.49. The van der Waals surface area contributed by atoms with E-state index in [9.17, 15) is 10.4 Å². The van der Waals surface area contributed by atoms with Crippen LogP contribution in [0.15, 0.2) is 0 Å². The molecule has 2 fully saturated rings. The molecule has 82 valence electrons. The molecule has 0 bridgehead atoms. The molecule has 2 rings (SSSR count). The van der Waals surface area contributed by atoms with Gasteiger partial charge in [0, 0.05) is 18.2 Å². The Morgan fingerprint density at radius 2 is 2.00 bits per heavy atom. The van der Waals surface area contributed by atoms with Gasteiger partial charge in [-0.2, -0.15) is 0 Å². The van der Waals surface area contributed by atoms with Crippen molar-refractivity contribution in [2.45, 2.75) is 43.0 Å². The largest absolute Gasteiger partial charge is 0.632 e. The maximum atomic E-state index is 11.6. The van der Waals surface area contributed by atoms with Crippen LogP contribution in [-0.2, 0) is 0 Å². The first-order valence-corrected chi connectivity index (χ1v) is 5.27. The lowest BCUT2D eigenvalue weighted by atomic mass is 9.89. The number of hydrogen-bond acceptors (Lipinski definition) is 4. The Morgan fingerprint density at radius 3 is 2.71 bits per heavy atom. The molecule has 6 atom stereocenters. The highest BCUT2D eigenvalue weighted by Gasteiger charge is 2.44. The second-order valence-electron chi connectivity index (χ2n) is 4.01. The van der Waals surface area contributed by atoms with Crippen molar-refractivity contribution in [2.75, 3.05) is 0 Å². The first kappa shape index (κ1) is 10.6. The predicted octanol–water partition coefficient (Wildman–Crippen LogP) is -2.96. The quantitative estimate of drug-likeness (QED) is 0.260. The van der Waals surface area contributed by atoms with Gasteiger partial charge in [-0.15, -0.1) is 11.6 Å². The molecular formula is C7H15ClN4O2. The third-order valence-electron chi connectivity index (χ3n) is 3.09. The second kappa shape index (κ2) is 3.90. The van der Waals surface area contributed by atoms with Crippen molar-refractivity contribution in [3.8, 4) is 0 Å². The number of halogens is 1. The highest BCUT2D eigenvalue weighted by Crippen LogP contribution is 2.21. The topological polar surface area (TPSA) is 93.0 Å². The third kappa shape index (κ3) is 1.74. The molecule has 14 heavy (non-hydrogen) atoms. The summed E-state index contributed by atoms with van der Waals surface area (Å²) < 4.78 is 0. The summed E-state index contributed by atoms with van der Waals surface area (Å²) >= 11 is 5.96. The Labute approximate surface area is 87.1 Å². The highest BCUT2D eigenvalue weighted by molar-refractivity contribution is 6.20. The number of hydrogen-bond donors (Lipinski definition) is 4. The van der Waals surface area contributed by atoms with Gasteiger partial charge in [0.1, 0.15) is 6.04 Å². The minimum atomic E-state index is -0.810. The van der Waals surface area contributed by atoms with Crippen molar-refractivity contribution in [2.24, 2.45) is 5.73 Å². The first-order chi connectivity index (χ1) is 6.59. The number of hydroxylamine groups is 3. The van der Waals surface area contributed by atoms with E-state index in [0.717, 1.165) is 6.42 Å². The van der Waals surface area contributed by atoms with Gasteiger partial charge in [0.2, 0.25) is 6.29 Å². The number of rotatable bonds is 0. The van der Waals surface area contributed by atoms with Gasteiger partial charge in [0.25, 0.3) is 0 Å². The van der Waals surface area contributed by atoms with Crippen LogP contribution in [0.2, 0.25) is 0 Å². The zero-order chi connectivity index (χ0) is 10.3. The van der Waals surface area contributed by atoms with Crippen molar-refractivity contribution in [3.05, 3.63) is 10.4 Å². The number of nitrogens with one attached hydrogen (secondary N) is 3. The van der Waals surface area contributed by atoms with E-state index >= 15 is 0 Å². The molecule has 0 aromatic carbocycles. The smallest absolute Gasteiger partial charge is 0.238 e. The molecule has 6 nitrogen and oxygen atoms in total. The number of alkyl halides is 1. The lowest BCUT2D eigenvalue weighted by Crippen LogP contribution is -3.37. The SMILES string of the molecule is NC1N[NH+]([O-])C2CC(Cl)CCC2[NH+]1[O-]. The summed E-state index contributed by atoms with van der Waals surface area (Å²) in [6, 6.07) is -0.452. The van der Waals surface area contributed by atoms with E-state index in [4.69, 9.17) is 17.3 Å². The molecule has 7 heteroatoms. The molecule has 1 aliphatic heterocycles. The van der Waals surface area contributed by atoms with E-state index in [1.165, 1.54) is 0 Å². The zero-order valence-electron chi connectivity index (χ0n) is 7.70. The van der Waals surface area contributed by atoms with Crippen molar-refractivity contribution in [1.29, 1.82) is 0 Å². The number of nitrogens with two attached hydrogens (primary N) is 1. The number of fused-ring (bicyclic) bond motifs is 1. The number of quaternary nitrogens is 2. The van der Waals surface area contributed by atoms with Crippen molar-refractivity contribution < 1.29 is 10.2 Å². The van der Waals surface area contributed by atoms with Crippen LogP contribution in [-0.4, -0.2) is 23.8 Å². The van der Waals surface area contributed by atoms with E-state index in [0.29, 0.717) is 12.8 Å². The van der Waals surface area contributed by atoms with Crippen LogP contribution in [0.5, 0.6) is 0 Å². The average Bonchev–Trinajstić information content (AvgIpc) is 2.14. The molecule has 0 amide bonds. The molecule has 0 aromatic heterocycles. The van der Waals surface area contributed by atoms with E-state index in [2.05, 4.69) is 5.43 Å². The molecule has 0 radical (unpaired) electrons. The zero-order valence-corrected chi connectivity index (χ0v) is 8.46. The van der Waals surface area contributed by atoms with Crippen molar-refractivity contribution in [1.82, 2.24) is 5.43 Å². The van der Waals surface area contributed by atoms with Gasteiger partial charge in [0.15, 0.2) is 6.04 Å². The Kier molecular flexibility index (Phi) is 2.94. The summed E-state index contributed by atoms with van der Waals surface area (Å²) in [5, 5.41) is 23.0. The van der Waals surface area contributed by atoms with E-state index in [1.54, 1.807) is 0 Å². The molecule has 1 heterocycles. The summed E-state index contributed by atoms with van der Waals surface area (Å²) in [6.07, 6.45) is 1.28. The van der Waals surface area contributed by atoms with Gasteiger partial charge in [-0.05, 0) is 6.42 Å². The fourth-order valence-corrected chi connectivity index (χ4v) is 2.63. The van der Waals surface area contributed by atoms with E-state index in [1.807, 2.05) is 0 Å². The first-order valence-electron chi connectivity index (χ1n) is 4.83. The molecular weight excluding hydrogens is 208 g/mol. The molecule has 2 aliphatic rings. The summed E-state index contributed by atoms with van der Waals surface area (Å²) in [6.45, 7) is 0. The standard InChI is InChI=1S/C7H15ClN4O2/c8-4-1-2-5-6(3-4)12(14)10-7(9)11(5)13/h4-7,10-12H,1-3,9H2. The van der Waals surface area contributed by atoms with Crippen LogP contribution in [0.4, 0.5) is 0 Å². The fraction of sp³-hybridized carbons (Fsp3) is 1.00. The van der Waals surface area contributed by atoms with Crippen LogP contribution in [0, 0.1) is 10.4 Å². The van der Waals surface area contributed by atoms with Crippen LogP contribution >= 0.6 is 11.6 Å². The van der Waals surface area contributed by atoms with Gasteiger partial charge in [-0.3, -0.25) is 10.9 Å². The lowest BCUT2D eigenvalue weighted by molar-refractivity contribution is -1.06. The molecule has 1 aliphatic carbocycles. The molecule has 6 unspecified atom stereocenters. The average molecular weight is 223 g/mol. The summed E-state index contributed by atoms with van der Waals surface area (Å²) in [4.78, 5) is 0. The summed E-state index contributed by atoms with van der Waals surface area (Å²) in [5.74, 6) is 0. The van der Waals surface area contributed by atoms with Gasteiger partial charge in [0.05, 0.1) is 0 Å². The molecule has 1 saturated heterocycles. The maximum absolute atomic E-state index is 11.6. The van der Waals surface area contributed by atoms with E-state index in [-0.39, 0.29) is 27.7 Å². The Balaban J connectivity index is 2.10. The van der Waals surface area contributed by atoms with Crippen molar-refractivity contribution in [3.63, 3.8) is 0 Å². The molecule has 5 N–H and O–H groups in total. The van der Waals surface area contributed by atoms with Crippen LogP contribution in [0.1, 0.15) is 19.3 Å². The van der Waals surface area contributed by atoms with Gasteiger partial charge in [-0.25, -0.2) is 0 Å². The Bertz CT molecular complexity index is 220. The summed E-state index contributed by atoms with van der Waals surface area (Å²) in [7, 11) is 0. The minimum Gasteiger partial charge on any atom is -0.632 e. The monoisotopic (exact) mass is 222 g/mol. The Morgan fingerprint density at radius 1 is 1.29 bits per heavy atom. The lowest BCUT2D eigenvalue weighted by Gasteiger charge is -2.50. The normalized spacial score (nSPS) is 54.0. The highest BCUT2D eigenvalue weighted by atomic mass is 35.5.